The number of rotatable bonds is 6. The molecular weight excluding hydrogens is 475 g/mol. The van der Waals surface area contributed by atoms with Crippen molar-refractivity contribution in [3.8, 4) is 0 Å². The molecule has 0 aliphatic carbocycles. The fourth-order valence-corrected chi connectivity index (χ4v) is 4.86. The molecule has 3 rings (SSSR count). The summed E-state index contributed by atoms with van der Waals surface area (Å²) in [6.07, 6.45) is -1.64. The quantitative estimate of drug-likeness (QED) is 0.614. The Labute approximate surface area is 194 Å². The van der Waals surface area contributed by atoms with Crippen LogP contribution in [0, 0.1) is 6.92 Å². The van der Waals surface area contributed by atoms with Crippen molar-refractivity contribution < 1.29 is 36.3 Å². The minimum absolute atomic E-state index is 0.126. The number of nitrogens with zero attached hydrogens (tertiary/aromatic N) is 3. The Morgan fingerprint density at radius 1 is 1.18 bits per heavy atom. The molecule has 2 aromatic rings. The minimum atomic E-state index is -4.47. The van der Waals surface area contributed by atoms with Crippen molar-refractivity contribution in [3.05, 3.63) is 71.1 Å². The number of carbonyl (C=O) groups excluding carboxylic acids is 1. The SMILES string of the molecule is Cc1ncccc1C(=O)C1CN(S(=O)(=O)CC=Cc2ccc(C(F)(F)F)cc2)CCN1C(=O)O. The van der Waals surface area contributed by atoms with Gasteiger partial charge in [0, 0.05) is 37.1 Å². The van der Waals surface area contributed by atoms with Gasteiger partial charge in [-0.2, -0.15) is 17.5 Å². The van der Waals surface area contributed by atoms with Gasteiger partial charge in [-0.1, -0.05) is 24.3 Å². The average Bonchev–Trinajstić information content (AvgIpc) is 2.78. The summed E-state index contributed by atoms with van der Waals surface area (Å²) < 4.78 is 64.7. The summed E-state index contributed by atoms with van der Waals surface area (Å²) in [7, 11) is -3.91. The number of benzene rings is 1. The Morgan fingerprint density at radius 3 is 2.44 bits per heavy atom. The molecule has 0 radical (unpaired) electrons. The van der Waals surface area contributed by atoms with Gasteiger partial charge in [-0.3, -0.25) is 14.7 Å². The summed E-state index contributed by atoms with van der Waals surface area (Å²) in [5.41, 5.74) is 0.185. The molecule has 1 aromatic heterocycles. The van der Waals surface area contributed by atoms with Crippen LogP contribution >= 0.6 is 0 Å². The standard InChI is InChI=1S/C22H22F3N3O5S/c1-15-18(5-2-10-26-15)20(29)19-14-27(11-12-28(19)21(30)31)34(32,33)13-3-4-16-6-8-17(9-7-16)22(23,24)25/h2-10,19H,11-14H2,1H3,(H,30,31). The van der Waals surface area contributed by atoms with E-state index < -0.39 is 45.4 Å². The summed E-state index contributed by atoms with van der Waals surface area (Å²) in [4.78, 5) is 29.7. The molecule has 8 nitrogen and oxygen atoms in total. The number of amides is 1. The summed E-state index contributed by atoms with van der Waals surface area (Å²) in [5.74, 6) is -1.01. The van der Waals surface area contributed by atoms with Crippen molar-refractivity contribution in [2.24, 2.45) is 0 Å². The van der Waals surface area contributed by atoms with Crippen LogP contribution in [0.5, 0.6) is 0 Å². The molecule has 1 aromatic carbocycles. The lowest BCUT2D eigenvalue weighted by molar-refractivity contribution is -0.137. The monoisotopic (exact) mass is 497 g/mol. The summed E-state index contributed by atoms with van der Waals surface area (Å²) >= 11 is 0. The summed E-state index contributed by atoms with van der Waals surface area (Å²) in [6, 6.07) is 6.05. The van der Waals surface area contributed by atoms with E-state index in [0.717, 1.165) is 21.3 Å². The molecule has 12 heteroatoms. The van der Waals surface area contributed by atoms with Crippen LogP contribution in [0.15, 0.2) is 48.7 Å². The summed E-state index contributed by atoms with van der Waals surface area (Å²) in [6.45, 7) is 0.934. The van der Waals surface area contributed by atoms with Crippen LogP contribution in [0.4, 0.5) is 18.0 Å². The van der Waals surface area contributed by atoms with Crippen molar-refractivity contribution in [1.29, 1.82) is 0 Å². The first-order valence-corrected chi connectivity index (χ1v) is 11.8. The number of Topliss-reactive ketones (excluding diaryl/α,β-unsaturated/α-hetero) is 1. The predicted octanol–water partition coefficient (Wildman–Crippen LogP) is 3.30. The van der Waals surface area contributed by atoms with E-state index in [0.29, 0.717) is 11.3 Å². The maximum Gasteiger partial charge on any atom is 0.416 e. The van der Waals surface area contributed by atoms with Gasteiger partial charge in [-0.05, 0) is 36.8 Å². The zero-order valence-corrected chi connectivity index (χ0v) is 18.9. The highest BCUT2D eigenvalue weighted by Crippen LogP contribution is 2.29. The molecule has 1 unspecified atom stereocenters. The van der Waals surface area contributed by atoms with Gasteiger partial charge in [0.1, 0.15) is 6.04 Å². The normalized spacial score (nSPS) is 17.8. The molecule has 1 saturated heterocycles. The van der Waals surface area contributed by atoms with E-state index in [1.807, 2.05) is 0 Å². The third kappa shape index (κ3) is 5.81. The molecule has 34 heavy (non-hydrogen) atoms. The van der Waals surface area contributed by atoms with Crippen LogP contribution in [0.3, 0.4) is 0 Å². The van der Waals surface area contributed by atoms with Gasteiger partial charge in [0.15, 0.2) is 5.78 Å². The number of carboxylic acid groups (broad SMARTS) is 1. The first kappa shape index (κ1) is 25.4. The van der Waals surface area contributed by atoms with E-state index in [4.69, 9.17) is 0 Å². The van der Waals surface area contributed by atoms with E-state index in [1.165, 1.54) is 42.6 Å². The molecule has 1 fully saturated rings. The largest absolute Gasteiger partial charge is 0.465 e. The fourth-order valence-electron chi connectivity index (χ4n) is 3.58. The average molecular weight is 497 g/mol. The third-order valence-corrected chi connectivity index (χ3v) is 7.14. The first-order chi connectivity index (χ1) is 15.9. The topological polar surface area (TPSA) is 108 Å². The second-order valence-corrected chi connectivity index (χ2v) is 9.66. The highest BCUT2D eigenvalue weighted by molar-refractivity contribution is 7.89. The number of hydrogen-bond donors (Lipinski definition) is 1. The van der Waals surface area contributed by atoms with E-state index in [2.05, 4.69) is 4.98 Å². The molecule has 1 N–H and O–H groups in total. The Hall–Kier alpha value is -3.25. The highest BCUT2D eigenvalue weighted by Gasteiger charge is 2.39. The van der Waals surface area contributed by atoms with Crippen LogP contribution in [-0.2, 0) is 16.2 Å². The maximum atomic E-state index is 13.0. The van der Waals surface area contributed by atoms with Gasteiger partial charge >= 0.3 is 12.3 Å². The van der Waals surface area contributed by atoms with Gasteiger partial charge in [-0.15, -0.1) is 0 Å². The van der Waals surface area contributed by atoms with Crippen LogP contribution in [-0.4, -0.2) is 71.0 Å². The number of alkyl halides is 3. The van der Waals surface area contributed by atoms with E-state index in [-0.39, 0.29) is 25.2 Å². The van der Waals surface area contributed by atoms with Gasteiger partial charge in [0.25, 0.3) is 0 Å². The summed E-state index contributed by atoms with van der Waals surface area (Å²) in [5, 5.41) is 9.51. The lowest BCUT2D eigenvalue weighted by Gasteiger charge is -2.38. The minimum Gasteiger partial charge on any atom is -0.465 e. The Kier molecular flexibility index (Phi) is 7.41. The van der Waals surface area contributed by atoms with Crippen molar-refractivity contribution in [1.82, 2.24) is 14.2 Å². The van der Waals surface area contributed by atoms with E-state index in [1.54, 1.807) is 6.92 Å². The molecule has 2 heterocycles. The Morgan fingerprint density at radius 2 is 1.85 bits per heavy atom. The van der Waals surface area contributed by atoms with Crippen LogP contribution < -0.4 is 0 Å². The Balaban J connectivity index is 1.74. The van der Waals surface area contributed by atoms with Crippen molar-refractivity contribution in [2.45, 2.75) is 19.1 Å². The fraction of sp³-hybridized carbons (Fsp3) is 0.318. The molecular formula is C22H22F3N3O5S. The highest BCUT2D eigenvalue weighted by atomic mass is 32.2. The zero-order chi connectivity index (χ0) is 25.1. The molecule has 0 bridgehead atoms. The maximum absolute atomic E-state index is 13.0. The molecule has 1 amide bonds. The van der Waals surface area contributed by atoms with Crippen LogP contribution in [0.1, 0.15) is 27.2 Å². The van der Waals surface area contributed by atoms with Crippen molar-refractivity contribution in [3.63, 3.8) is 0 Å². The molecule has 1 aliphatic rings. The number of pyridine rings is 1. The predicted molar refractivity (Wildman–Crippen MR) is 118 cm³/mol. The lowest BCUT2D eigenvalue weighted by Crippen LogP contribution is -2.59. The van der Waals surface area contributed by atoms with Crippen molar-refractivity contribution >= 4 is 28.0 Å². The molecule has 0 saturated carbocycles. The number of ketones is 1. The Bertz CT molecular complexity index is 1200. The number of hydrogen-bond acceptors (Lipinski definition) is 5. The van der Waals surface area contributed by atoms with Crippen molar-refractivity contribution in [2.75, 3.05) is 25.4 Å². The number of aryl methyl sites for hydroxylation is 1. The van der Waals surface area contributed by atoms with Gasteiger partial charge < -0.3 is 5.11 Å². The number of carbonyl (C=O) groups is 2. The lowest BCUT2D eigenvalue weighted by atomic mass is 10.0. The van der Waals surface area contributed by atoms with E-state index >= 15 is 0 Å². The molecule has 0 spiro atoms. The number of sulfonamides is 1. The number of aromatic nitrogens is 1. The second kappa shape index (κ2) is 9.94. The smallest absolute Gasteiger partial charge is 0.416 e. The second-order valence-electron chi connectivity index (χ2n) is 7.65. The molecule has 182 valence electrons. The third-order valence-electron chi connectivity index (χ3n) is 5.41. The van der Waals surface area contributed by atoms with Gasteiger partial charge in [-0.25, -0.2) is 13.2 Å². The molecule has 1 atom stereocenters. The van der Waals surface area contributed by atoms with Gasteiger partial charge in [0.05, 0.1) is 11.3 Å². The molecule has 1 aliphatic heterocycles. The van der Waals surface area contributed by atoms with Crippen LogP contribution in [0.2, 0.25) is 0 Å². The van der Waals surface area contributed by atoms with E-state index in [9.17, 15) is 36.3 Å². The number of halogens is 3. The number of piperazine rings is 1. The van der Waals surface area contributed by atoms with Gasteiger partial charge in [0.2, 0.25) is 10.0 Å². The van der Waals surface area contributed by atoms with Crippen LogP contribution in [0.25, 0.3) is 6.08 Å². The zero-order valence-electron chi connectivity index (χ0n) is 18.1. The first-order valence-electron chi connectivity index (χ1n) is 10.2.